The molecule has 194 valence electrons. The van der Waals surface area contributed by atoms with Gasteiger partial charge in [0.05, 0.1) is 23.9 Å². The highest BCUT2D eigenvalue weighted by atomic mass is 15.0. The molecular weight excluding hydrogens is 500 g/mol. The number of nitrogens with zero attached hydrogens (tertiary/aromatic N) is 3. The molecule has 0 fully saturated rings. The van der Waals surface area contributed by atoms with E-state index in [2.05, 4.69) is 137 Å². The van der Waals surface area contributed by atoms with Gasteiger partial charge in [-0.25, -0.2) is 15.0 Å². The van der Waals surface area contributed by atoms with Crippen molar-refractivity contribution in [3.63, 3.8) is 0 Å². The molecule has 0 aliphatic rings. The van der Waals surface area contributed by atoms with E-state index in [9.17, 15) is 0 Å². The minimum absolute atomic E-state index is 0.613. The molecule has 1 N–H and O–H groups in total. The molecule has 0 aliphatic carbocycles. The summed E-state index contributed by atoms with van der Waals surface area (Å²) >= 11 is 0. The maximum atomic E-state index is 4.91. The van der Waals surface area contributed by atoms with Crippen LogP contribution in [-0.2, 0) is 0 Å². The van der Waals surface area contributed by atoms with Crippen molar-refractivity contribution in [2.24, 2.45) is 0 Å². The van der Waals surface area contributed by atoms with Crippen LogP contribution >= 0.6 is 0 Å². The summed E-state index contributed by atoms with van der Waals surface area (Å²) < 4.78 is 0. The van der Waals surface area contributed by atoms with E-state index in [1.165, 1.54) is 27.8 Å². The molecule has 7 rings (SSSR count). The maximum Gasteiger partial charge on any atom is 0.178 e. The highest BCUT2D eigenvalue weighted by molar-refractivity contribution is 5.77. The van der Waals surface area contributed by atoms with Gasteiger partial charge in [-0.05, 0) is 45.5 Å². The fraction of sp³-hybridized carbons (Fsp3) is 0. The first-order valence-electron chi connectivity index (χ1n) is 13.6. The third-order valence-corrected chi connectivity index (χ3v) is 7.24. The first kappa shape index (κ1) is 24.4. The zero-order valence-electron chi connectivity index (χ0n) is 22.3. The van der Waals surface area contributed by atoms with E-state index in [0.29, 0.717) is 5.82 Å². The van der Waals surface area contributed by atoms with Gasteiger partial charge in [0.1, 0.15) is 5.69 Å². The molecule has 4 nitrogen and oxygen atoms in total. The van der Waals surface area contributed by atoms with Crippen molar-refractivity contribution < 1.29 is 0 Å². The van der Waals surface area contributed by atoms with Crippen LogP contribution in [0.5, 0.6) is 0 Å². The van der Waals surface area contributed by atoms with E-state index < -0.39 is 0 Å². The molecule has 0 amide bonds. The van der Waals surface area contributed by atoms with Crippen molar-refractivity contribution in [3.05, 3.63) is 152 Å². The number of hydrogen-bond acceptors (Lipinski definition) is 3. The molecule has 2 aromatic heterocycles. The summed E-state index contributed by atoms with van der Waals surface area (Å²) in [5.74, 6) is 0.613. The van der Waals surface area contributed by atoms with Gasteiger partial charge in [-0.15, -0.1) is 0 Å². The highest BCUT2D eigenvalue weighted by Crippen LogP contribution is 2.31. The van der Waals surface area contributed by atoms with Crippen LogP contribution in [0, 0.1) is 0 Å². The topological polar surface area (TPSA) is 54.5 Å². The number of aromatic nitrogens is 4. The molecule has 0 aliphatic heterocycles. The van der Waals surface area contributed by atoms with Crippen LogP contribution in [0.25, 0.3) is 67.4 Å². The van der Waals surface area contributed by atoms with E-state index in [4.69, 9.17) is 9.97 Å². The lowest BCUT2D eigenvalue weighted by molar-refractivity contribution is 1.16. The van der Waals surface area contributed by atoms with E-state index >= 15 is 0 Å². The van der Waals surface area contributed by atoms with Crippen LogP contribution in [0.1, 0.15) is 0 Å². The molecule has 0 radical (unpaired) electrons. The minimum atomic E-state index is 0.613. The highest BCUT2D eigenvalue weighted by Gasteiger charge is 2.12. The molecule has 0 bridgehead atoms. The number of benzene rings is 5. The van der Waals surface area contributed by atoms with Crippen molar-refractivity contribution in [2.75, 3.05) is 0 Å². The molecule has 0 atom stereocenters. The summed E-state index contributed by atoms with van der Waals surface area (Å²) in [6, 6.07) is 48.7. The molecular formula is C37H26N4. The second-order valence-corrected chi connectivity index (χ2v) is 9.89. The van der Waals surface area contributed by atoms with Crippen LogP contribution in [0.2, 0.25) is 0 Å². The largest absolute Gasteiger partial charge is 0.342 e. The number of H-pyrrole nitrogens is 1. The van der Waals surface area contributed by atoms with Crippen LogP contribution in [-0.4, -0.2) is 19.9 Å². The van der Waals surface area contributed by atoms with Gasteiger partial charge in [0, 0.05) is 11.1 Å². The third-order valence-electron chi connectivity index (χ3n) is 7.24. The Labute approximate surface area is 239 Å². The van der Waals surface area contributed by atoms with Crippen molar-refractivity contribution >= 4 is 0 Å². The van der Waals surface area contributed by atoms with Gasteiger partial charge in [-0.2, -0.15) is 0 Å². The Morgan fingerprint density at radius 2 is 0.829 bits per heavy atom. The predicted octanol–water partition coefficient (Wildman–Crippen LogP) is 9.20. The second kappa shape index (κ2) is 10.9. The van der Waals surface area contributed by atoms with Gasteiger partial charge in [-0.1, -0.05) is 127 Å². The van der Waals surface area contributed by atoms with Crippen LogP contribution in [0.15, 0.2) is 152 Å². The number of rotatable bonds is 6. The Morgan fingerprint density at radius 3 is 1.34 bits per heavy atom. The molecule has 0 spiro atoms. The summed E-state index contributed by atoms with van der Waals surface area (Å²) in [6.07, 6.45) is 3.41. The smallest absolute Gasteiger partial charge is 0.178 e. The Kier molecular flexibility index (Phi) is 6.48. The first-order chi connectivity index (χ1) is 20.3. The molecule has 5 aromatic carbocycles. The first-order valence-corrected chi connectivity index (χ1v) is 13.6. The molecule has 7 aromatic rings. The number of imidazole rings is 1. The lowest BCUT2D eigenvalue weighted by atomic mass is 9.97. The Bertz CT molecular complexity index is 1890. The molecule has 0 unspecified atom stereocenters. The van der Waals surface area contributed by atoms with Crippen molar-refractivity contribution in [1.29, 1.82) is 0 Å². The van der Waals surface area contributed by atoms with Gasteiger partial charge in [0.15, 0.2) is 5.82 Å². The molecule has 0 saturated heterocycles. The molecule has 4 heteroatoms. The number of aromatic amines is 1. The molecule has 41 heavy (non-hydrogen) atoms. The van der Waals surface area contributed by atoms with Crippen LogP contribution < -0.4 is 0 Å². The summed E-state index contributed by atoms with van der Waals surface area (Å²) in [5, 5.41) is 0. The average Bonchev–Trinajstić information content (AvgIpc) is 3.61. The standard InChI is InChI=1S/C37H26N4/c1-3-8-26(9-4-1)28-14-18-30(19-15-28)34-23-35(41-37(40-34)36-24-38-25-39-36)31-20-16-29(17-21-31)33-13-7-12-32(22-33)27-10-5-2-6-11-27/h1-25H,(H,38,39). The summed E-state index contributed by atoms with van der Waals surface area (Å²) in [5.41, 5.74) is 11.7. The third kappa shape index (κ3) is 5.19. The predicted molar refractivity (Wildman–Crippen MR) is 167 cm³/mol. The fourth-order valence-electron chi connectivity index (χ4n) is 5.05. The fourth-order valence-corrected chi connectivity index (χ4v) is 5.05. The van der Waals surface area contributed by atoms with Crippen molar-refractivity contribution in [3.8, 4) is 67.4 Å². The summed E-state index contributed by atoms with van der Waals surface area (Å²) in [7, 11) is 0. The SMILES string of the molecule is c1ccc(-c2ccc(-c3cc(-c4ccc(-c5cccc(-c6ccccc6)c5)cc4)nc(-c4cnc[nH]4)n3)cc2)cc1. The quantitative estimate of drug-likeness (QED) is 0.235. The number of nitrogens with one attached hydrogen (secondary N) is 1. The zero-order chi connectivity index (χ0) is 27.4. The zero-order valence-corrected chi connectivity index (χ0v) is 22.3. The van der Waals surface area contributed by atoms with Gasteiger partial charge in [0.2, 0.25) is 0 Å². The van der Waals surface area contributed by atoms with Gasteiger partial charge in [-0.3, -0.25) is 0 Å². The molecule has 0 saturated carbocycles. The van der Waals surface area contributed by atoms with Crippen LogP contribution in [0.3, 0.4) is 0 Å². The summed E-state index contributed by atoms with van der Waals surface area (Å²) in [4.78, 5) is 17.1. The molecule has 2 heterocycles. The Hall–Kier alpha value is -5.61. The lowest BCUT2D eigenvalue weighted by Gasteiger charge is -2.10. The van der Waals surface area contributed by atoms with Gasteiger partial charge in [0.25, 0.3) is 0 Å². The maximum absolute atomic E-state index is 4.91. The van der Waals surface area contributed by atoms with E-state index in [0.717, 1.165) is 33.8 Å². The number of hydrogen-bond donors (Lipinski definition) is 1. The van der Waals surface area contributed by atoms with E-state index in [1.807, 2.05) is 12.1 Å². The van der Waals surface area contributed by atoms with Gasteiger partial charge < -0.3 is 4.98 Å². The Balaban J connectivity index is 1.24. The Morgan fingerprint density at radius 1 is 0.390 bits per heavy atom. The normalized spacial score (nSPS) is 10.9. The van der Waals surface area contributed by atoms with E-state index in [1.54, 1.807) is 12.5 Å². The minimum Gasteiger partial charge on any atom is -0.342 e. The summed E-state index contributed by atoms with van der Waals surface area (Å²) in [6.45, 7) is 0. The van der Waals surface area contributed by atoms with Crippen molar-refractivity contribution in [1.82, 2.24) is 19.9 Å². The average molecular weight is 527 g/mol. The van der Waals surface area contributed by atoms with Crippen LogP contribution in [0.4, 0.5) is 0 Å². The van der Waals surface area contributed by atoms with Gasteiger partial charge >= 0.3 is 0 Å². The lowest BCUT2D eigenvalue weighted by Crippen LogP contribution is -1.96. The van der Waals surface area contributed by atoms with E-state index in [-0.39, 0.29) is 0 Å². The second-order valence-electron chi connectivity index (χ2n) is 9.89. The van der Waals surface area contributed by atoms with Crippen molar-refractivity contribution in [2.45, 2.75) is 0 Å². The monoisotopic (exact) mass is 526 g/mol.